The average Bonchev–Trinajstić information content (AvgIpc) is 2.13. The Morgan fingerprint density at radius 2 is 2.00 bits per heavy atom. The van der Waals surface area contributed by atoms with Gasteiger partial charge in [0.25, 0.3) is 0 Å². The van der Waals surface area contributed by atoms with Crippen LogP contribution in [0.2, 0.25) is 0 Å². The normalized spacial score (nSPS) is 11.3. The molecule has 0 aromatic rings. The van der Waals surface area contributed by atoms with Crippen LogP contribution in [0.4, 0.5) is 4.79 Å². The van der Waals surface area contributed by atoms with E-state index in [1.165, 1.54) is 0 Å². The van der Waals surface area contributed by atoms with Crippen molar-refractivity contribution in [1.29, 1.82) is 5.41 Å². The van der Waals surface area contributed by atoms with Gasteiger partial charge in [0.05, 0.1) is 11.9 Å². The van der Waals surface area contributed by atoms with Gasteiger partial charge < -0.3 is 10.5 Å². The minimum Gasteiger partial charge on any atom is -0.446 e. The fourth-order valence-electron chi connectivity index (χ4n) is 1.03. The molecule has 0 aromatic heterocycles. The lowest BCUT2D eigenvalue weighted by atomic mass is 10.2. The Labute approximate surface area is 107 Å². The van der Waals surface area contributed by atoms with Gasteiger partial charge in [-0.25, -0.2) is 9.52 Å². The van der Waals surface area contributed by atoms with Gasteiger partial charge >= 0.3 is 16.3 Å². The van der Waals surface area contributed by atoms with E-state index in [4.69, 9.17) is 11.1 Å². The molecule has 0 radical (unpaired) electrons. The maximum absolute atomic E-state index is 11.3. The molecule has 0 aromatic carbocycles. The highest BCUT2D eigenvalue weighted by molar-refractivity contribution is 7.88. The second-order valence-corrected chi connectivity index (χ2v) is 5.44. The number of amidine groups is 1. The largest absolute Gasteiger partial charge is 0.446 e. The zero-order chi connectivity index (χ0) is 14.2. The summed E-state index contributed by atoms with van der Waals surface area (Å²) in [6.07, 6.45) is 0.149. The first-order valence-corrected chi connectivity index (χ1v) is 7.02. The minimum atomic E-state index is -3.89. The summed E-state index contributed by atoms with van der Waals surface area (Å²) in [6, 6.07) is 0. The van der Waals surface area contributed by atoms with Crippen molar-refractivity contribution in [3.8, 4) is 0 Å². The third-order valence-electron chi connectivity index (χ3n) is 1.73. The SMILES string of the molecule is CC(C)OC(=O)NS(=O)(=O)NCCCCC(=N)N. The van der Waals surface area contributed by atoms with E-state index in [9.17, 15) is 13.2 Å². The molecule has 0 unspecified atom stereocenters. The molecule has 0 atom stereocenters. The molecule has 1 amide bonds. The first kappa shape index (κ1) is 16.6. The molecule has 0 aliphatic heterocycles. The van der Waals surface area contributed by atoms with Gasteiger partial charge in [0.15, 0.2) is 0 Å². The topological polar surface area (TPSA) is 134 Å². The van der Waals surface area contributed by atoms with E-state index < -0.39 is 22.4 Å². The lowest BCUT2D eigenvalue weighted by molar-refractivity contribution is 0.121. The van der Waals surface area contributed by atoms with E-state index >= 15 is 0 Å². The molecule has 0 saturated heterocycles. The molecule has 18 heavy (non-hydrogen) atoms. The summed E-state index contributed by atoms with van der Waals surface area (Å²) in [6.45, 7) is 3.39. The smallest absolute Gasteiger partial charge is 0.422 e. The molecule has 0 spiro atoms. The van der Waals surface area contributed by atoms with Crippen molar-refractivity contribution in [2.75, 3.05) is 6.54 Å². The Morgan fingerprint density at radius 3 is 2.50 bits per heavy atom. The quantitative estimate of drug-likeness (QED) is 0.283. The van der Waals surface area contributed by atoms with Gasteiger partial charge in [-0.2, -0.15) is 13.1 Å². The first-order chi connectivity index (χ1) is 8.23. The number of ether oxygens (including phenoxy) is 1. The number of hydrogen-bond donors (Lipinski definition) is 4. The molecule has 0 heterocycles. The van der Waals surface area contributed by atoms with E-state index in [0.29, 0.717) is 19.3 Å². The van der Waals surface area contributed by atoms with E-state index in [0.717, 1.165) is 0 Å². The van der Waals surface area contributed by atoms with Crippen LogP contribution in [0.5, 0.6) is 0 Å². The summed E-state index contributed by atoms with van der Waals surface area (Å²) in [5.41, 5.74) is 5.14. The van der Waals surface area contributed by atoms with Crippen LogP contribution in [0, 0.1) is 5.41 Å². The predicted molar refractivity (Wildman–Crippen MR) is 67.4 cm³/mol. The van der Waals surface area contributed by atoms with Crippen molar-refractivity contribution in [1.82, 2.24) is 9.44 Å². The number of nitrogens with one attached hydrogen (secondary N) is 3. The molecule has 9 heteroatoms. The Kier molecular flexibility index (Phi) is 7.29. The molecule has 106 valence electrons. The second-order valence-electron chi connectivity index (χ2n) is 3.94. The van der Waals surface area contributed by atoms with Gasteiger partial charge in [0, 0.05) is 13.0 Å². The predicted octanol–water partition coefficient (Wildman–Crippen LogP) is 0.0617. The summed E-state index contributed by atoms with van der Waals surface area (Å²) in [7, 11) is -3.89. The molecule has 0 bridgehead atoms. The van der Waals surface area contributed by atoms with Crippen LogP contribution in [0.15, 0.2) is 0 Å². The van der Waals surface area contributed by atoms with E-state index in [1.807, 2.05) is 0 Å². The summed E-state index contributed by atoms with van der Waals surface area (Å²) >= 11 is 0. The summed E-state index contributed by atoms with van der Waals surface area (Å²) in [5.74, 6) is 0.0662. The van der Waals surface area contributed by atoms with Gasteiger partial charge in [-0.15, -0.1) is 0 Å². The van der Waals surface area contributed by atoms with Crippen molar-refractivity contribution in [3.63, 3.8) is 0 Å². The number of amides is 1. The van der Waals surface area contributed by atoms with Gasteiger partial charge in [0.1, 0.15) is 0 Å². The number of rotatable bonds is 8. The van der Waals surface area contributed by atoms with Crippen LogP contribution >= 0.6 is 0 Å². The van der Waals surface area contributed by atoms with Crippen LogP contribution in [-0.4, -0.2) is 33.0 Å². The zero-order valence-corrected chi connectivity index (χ0v) is 11.3. The minimum absolute atomic E-state index is 0.0662. The fourth-order valence-corrected chi connectivity index (χ4v) is 1.78. The van der Waals surface area contributed by atoms with E-state index in [1.54, 1.807) is 18.6 Å². The van der Waals surface area contributed by atoms with Crippen LogP contribution in [0.3, 0.4) is 0 Å². The van der Waals surface area contributed by atoms with Crippen LogP contribution in [-0.2, 0) is 14.9 Å². The van der Waals surface area contributed by atoms with Crippen LogP contribution < -0.4 is 15.2 Å². The standard InChI is InChI=1S/C9H20N4O4S/c1-7(2)17-9(14)13-18(15,16)12-6-4-3-5-8(10)11/h7,12H,3-6H2,1-2H3,(H3,10,11)(H,13,14). The van der Waals surface area contributed by atoms with Crippen molar-refractivity contribution < 1.29 is 17.9 Å². The van der Waals surface area contributed by atoms with Gasteiger partial charge in [-0.1, -0.05) is 0 Å². The number of carbonyl (C=O) groups is 1. The Balaban J connectivity index is 3.87. The van der Waals surface area contributed by atoms with Gasteiger partial charge in [-0.3, -0.25) is 5.41 Å². The molecule has 8 nitrogen and oxygen atoms in total. The molecular weight excluding hydrogens is 260 g/mol. The number of unbranched alkanes of at least 4 members (excludes halogenated alkanes) is 1. The highest BCUT2D eigenvalue weighted by Crippen LogP contribution is 1.94. The molecule has 5 N–H and O–H groups in total. The fraction of sp³-hybridized carbons (Fsp3) is 0.778. The van der Waals surface area contributed by atoms with E-state index in [2.05, 4.69) is 9.46 Å². The first-order valence-electron chi connectivity index (χ1n) is 5.54. The third kappa shape index (κ3) is 9.85. The highest BCUT2D eigenvalue weighted by Gasteiger charge is 2.15. The molecule has 0 rings (SSSR count). The monoisotopic (exact) mass is 280 g/mol. The van der Waals surface area contributed by atoms with E-state index in [-0.39, 0.29) is 12.4 Å². The Morgan fingerprint density at radius 1 is 1.39 bits per heavy atom. The van der Waals surface area contributed by atoms with Crippen molar-refractivity contribution in [3.05, 3.63) is 0 Å². The van der Waals surface area contributed by atoms with Crippen LogP contribution in [0.1, 0.15) is 33.1 Å². The summed E-state index contributed by atoms with van der Waals surface area (Å²) in [4.78, 5) is 11.1. The lowest BCUT2D eigenvalue weighted by Gasteiger charge is -2.10. The number of nitrogens with two attached hydrogens (primary N) is 1. The van der Waals surface area contributed by atoms with Crippen molar-refractivity contribution >= 4 is 22.1 Å². The molecule has 0 fully saturated rings. The Bertz CT molecular complexity index is 380. The van der Waals surface area contributed by atoms with Crippen molar-refractivity contribution in [2.24, 2.45) is 5.73 Å². The summed E-state index contributed by atoms with van der Waals surface area (Å²) < 4.78 is 31.2. The number of hydrogen-bond acceptors (Lipinski definition) is 5. The van der Waals surface area contributed by atoms with Crippen molar-refractivity contribution in [2.45, 2.75) is 39.2 Å². The zero-order valence-electron chi connectivity index (χ0n) is 10.5. The highest BCUT2D eigenvalue weighted by atomic mass is 32.2. The number of carbonyl (C=O) groups excluding carboxylic acids is 1. The summed E-state index contributed by atoms with van der Waals surface area (Å²) in [5, 5.41) is 6.98. The average molecular weight is 280 g/mol. The Hall–Kier alpha value is -1.35. The molecule has 0 saturated carbocycles. The molecule has 0 aliphatic rings. The lowest BCUT2D eigenvalue weighted by Crippen LogP contribution is -2.41. The van der Waals surface area contributed by atoms with Gasteiger partial charge in [-0.05, 0) is 26.7 Å². The second kappa shape index (κ2) is 7.88. The van der Waals surface area contributed by atoms with Gasteiger partial charge in [0.2, 0.25) is 0 Å². The maximum atomic E-state index is 11.3. The molecule has 0 aliphatic carbocycles. The third-order valence-corrected chi connectivity index (χ3v) is 2.74. The molecular formula is C9H20N4O4S. The van der Waals surface area contributed by atoms with Crippen LogP contribution in [0.25, 0.3) is 0 Å². The maximum Gasteiger partial charge on any atom is 0.422 e.